The van der Waals surface area contributed by atoms with Crippen molar-refractivity contribution in [2.75, 3.05) is 52.4 Å². The number of hydrogen-bond donors (Lipinski definition) is 1. The lowest BCUT2D eigenvalue weighted by atomic mass is 9.93. The number of nitriles is 3. The lowest BCUT2D eigenvalue weighted by molar-refractivity contribution is -0.894. The Kier molecular flexibility index (Phi) is 19.7. The minimum atomic E-state index is -0.354. The van der Waals surface area contributed by atoms with Gasteiger partial charge in [-0.1, -0.05) is 84.0 Å². The van der Waals surface area contributed by atoms with Crippen molar-refractivity contribution in [3.63, 3.8) is 0 Å². The largest absolute Gasteiger partial charge is 0.762 e. The Bertz CT molecular complexity index is 2350. The van der Waals surface area contributed by atoms with Crippen LogP contribution >= 0.6 is 0 Å². The highest BCUT2D eigenvalue weighted by molar-refractivity contribution is 5.97. The smallest absolute Gasteiger partial charge is 0.528 e. The first-order valence-corrected chi connectivity index (χ1v) is 20.4. The summed E-state index contributed by atoms with van der Waals surface area (Å²) in [4.78, 5) is 24.8. The molecular formula is C50H53N9O2. The molecule has 2 aromatic carbocycles. The molecule has 0 atom stereocenters. The number of nitrogens with one attached hydrogen (secondary N) is 1. The first-order chi connectivity index (χ1) is 29.6. The normalized spacial score (nSPS) is 14.9. The fourth-order valence-electron chi connectivity index (χ4n) is 6.95. The van der Waals surface area contributed by atoms with E-state index in [2.05, 4.69) is 47.5 Å². The predicted octanol–water partition coefficient (Wildman–Crippen LogP) is 8.72. The number of ether oxygens (including phenoxy) is 1. The van der Waals surface area contributed by atoms with Crippen molar-refractivity contribution in [3.05, 3.63) is 175 Å². The van der Waals surface area contributed by atoms with Crippen molar-refractivity contribution >= 4 is 23.1 Å². The third-order valence-corrected chi connectivity index (χ3v) is 10.4. The van der Waals surface area contributed by atoms with Gasteiger partial charge in [0.2, 0.25) is 0 Å². The number of nitrogens with zero attached hydrogens (tertiary/aromatic N) is 8. The number of hydrogen-bond acceptors (Lipinski definition) is 6. The number of allylic oxidation sites excluding steroid dienone is 13. The molecule has 0 aromatic heterocycles. The fraction of sp³-hybridized carbons (Fsp3) is 0.320. The highest BCUT2D eigenvalue weighted by Gasteiger charge is 2.28. The summed E-state index contributed by atoms with van der Waals surface area (Å²) in [7, 11) is 0. The van der Waals surface area contributed by atoms with Gasteiger partial charge in [-0.3, -0.25) is 0 Å². The molecule has 1 aliphatic heterocycles. The Morgan fingerprint density at radius 3 is 1.85 bits per heavy atom. The summed E-state index contributed by atoms with van der Waals surface area (Å²) in [5, 5.41) is 39.8. The second-order valence-electron chi connectivity index (χ2n) is 14.1. The van der Waals surface area contributed by atoms with Crippen molar-refractivity contribution in [1.29, 1.82) is 15.8 Å². The van der Waals surface area contributed by atoms with Crippen molar-refractivity contribution in [2.45, 2.75) is 54.4 Å². The molecular weight excluding hydrogens is 759 g/mol. The van der Waals surface area contributed by atoms with Crippen LogP contribution in [0.2, 0.25) is 0 Å². The summed E-state index contributed by atoms with van der Waals surface area (Å²) >= 11 is 0. The molecule has 0 bridgehead atoms. The molecule has 310 valence electrons. The second-order valence-corrected chi connectivity index (χ2v) is 14.1. The monoisotopic (exact) mass is 811 g/mol. The van der Waals surface area contributed by atoms with Gasteiger partial charge in [-0.2, -0.15) is 25.5 Å². The Hall–Kier alpha value is -7.45. The number of rotatable bonds is 13. The Balaban J connectivity index is 0.00000130. The molecule has 1 aliphatic carbocycles. The van der Waals surface area contributed by atoms with Gasteiger partial charge in [0.15, 0.2) is 0 Å². The van der Waals surface area contributed by atoms with Gasteiger partial charge in [0.05, 0.1) is 60.7 Å². The van der Waals surface area contributed by atoms with Crippen LogP contribution < -0.4 is 4.90 Å². The van der Waals surface area contributed by atoms with Gasteiger partial charge in [0.1, 0.15) is 19.2 Å². The van der Waals surface area contributed by atoms with E-state index in [1.807, 2.05) is 62.2 Å². The van der Waals surface area contributed by atoms with Crippen LogP contribution in [-0.4, -0.2) is 74.2 Å². The molecule has 11 heteroatoms. The van der Waals surface area contributed by atoms with E-state index >= 15 is 0 Å². The Morgan fingerprint density at radius 1 is 0.820 bits per heavy atom. The van der Waals surface area contributed by atoms with Crippen molar-refractivity contribution in [2.24, 2.45) is 0 Å². The Morgan fingerprint density at radius 2 is 1.39 bits per heavy atom. The quantitative estimate of drug-likeness (QED) is 0.0930. The number of piperazine rings is 1. The molecule has 0 spiro atoms. The second kappa shape index (κ2) is 25.1. The third-order valence-electron chi connectivity index (χ3n) is 10.4. The average molecular weight is 812 g/mol. The SMILES string of the molecule is CC[NH+](CC)CC.[C-]#[N+]C([N+]#[C-])=C(/C(C#N)=C/C=C/C1=C(N2CCN(C(=O)OCC)CC2)C(=C/C=C/C(C#N)=C(/C(=C=[N-])C#N)c2ccc(C)cc2)CC1)c1ccc(C)cc1. The van der Waals surface area contributed by atoms with Crippen molar-refractivity contribution in [1.82, 2.24) is 9.80 Å². The average Bonchev–Trinajstić information content (AvgIpc) is 3.69. The molecule has 2 aromatic rings. The van der Waals surface area contributed by atoms with Crippen LogP contribution in [-0.2, 0) is 4.74 Å². The van der Waals surface area contributed by atoms with E-state index in [0.29, 0.717) is 50.1 Å². The number of amides is 1. The van der Waals surface area contributed by atoms with Crippen molar-refractivity contribution in [3.8, 4) is 18.2 Å². The number of quaternary nitrogens is 1. The number of benzene rings is 2. The molecule has 1 amide bonds. The van der Waals surface area contributed by atoms with Crippen LogP contribution in [0.5, 0.6) is 0 Å². The molecule has 1 N–H and O–H groups in total. The summed E-state index contributed by atoms with van der Waals surface area (Å²) in [5.74, 6) is 1.74. The predicted molar refractivity (Wildman–Crippen MR) is 242 cm³/mol. The summed E-state index contributed by atoms with van der Waals surface area (Å²) in [6.45, 7) is 33.6. The van der Waals surface area contributed by atoms with E-state index < -0.39 is 0 Å². The Labute approximate surface area is 361 Å². The van der Waals surface area contributed by atoms with Gasteiger partial charge in [0.25, 0.3) is 0 Å². The maximum Gasteiger partial charge on any atom is 0.528 e. The zero-order valence-electron chi connectivity index (χ0n) is 36.0. The van der Waals surface area contributed by atoms with Crippen molar-refractivity contribution < 1.29 is 14.4 Å². The van der Waals surface area contributed by atoms with Crippen LogP contribution in [0.4, 0.5) is 4.79 Å². The molecule has 1 saturated heterocycles. The standard InChI is InChI=1S/C44H37N8O2.C6H15N/c1-6-54-44(53)52-25-23-51(24-26-52)42-35(9-7-11-37(27-45)40(39(29-47)30-48)33-17-13-31(2)14-18-33)21-22-36(42)10-8-12-38(28-46)41(43(49-4)50-5)34-19-15-32(3)16-20-34;1-4-7(5-2)6-3/h7-20H,6,21-26H2,1-3H3;4-6H2,1-3H3/q-1;/p+1/b10-8+,11-7+,35-9?,38-12+,40-37-;. The maximum absolute atomic E-state index is 12.4. The van der Waals surface area contributed by atoms with Crippen LogP contribution in [0.15, 0.2) is 124 Å². The lowest BCUT2D eigenvalue weighted by Gasteiger charge is -2.37. The third kappa shape index (κ3) is 13.3. The van der Waals surface area contributed by atoms with Gasteiger partial charge < -0.3 is 24.8 Å². The van der Waals surface area contributed by atoms with E-state index in [-0.39, 0.29) is 46.4 Å². The van der Waals surface area contributed by atoms with E-state index in [1.165, 1.54) is 19.6 Å². The molecule has 0 saturated carbocycles. The van der Waals surface area contributed by atoms with Crippen LogP contribution in [0.3, 0.4) is 0 Å². The maximum atomic E-state index is 12.4. The molecule has 61 heavy (non-hydrogen) atoms. The number of carbonyl (C=O) groups is 1. The molecule has 1 fully saturated rings. The van der Waals surface area contributed by atoms with E-state index in [4.69, 9.17) is 17.9 Å². The number of aryl methyl sites for hydroxylation is 2. The molecule has 0 radical (unpaired) electrons. The highest BCUT2D eigenvalue weighted by Crippen LogP contribution is 2.36. The van der Waals surface area contributed by atoms with Gasteiger partial charge in [-0.15, -0.1) is 0 Å². The fourth-order valence-corrected chi connectivity index (χ4v) is 6.95. The van der Waals surface area contributed by atoms with E-state index in [9.17, 15) is 26.0 Å². The molecule has 2 aliphatic rings. The number of carbonyl (C=O) groups excluding carboxylic acids is 1. The van der Waals surface area contributed by atoms with Gasteiger partial charge >= 0.3 is 11.9 Å². The molecule has 4 rings (SSSR count). The summed E-state index contributed by atoms with van der Waals surface area (Å²) < 4.78 is 5.22. The molecule has 0 unspecified atom stereocenters. The zero-order chi connectivity index (χ0) is 44.7. The minimum Gasteiger partial charge on any atom is -0.762 e. The minimum absolute atomic E-state index is 0.161. The zero-order valence-corrected chi connectivity index (χ0v) is 36.0. The van der Waals surface area contributed by atoms with Gasteiger partial charge in [-0.25, -0.2) is 10.7 Å². The topological polar surface area (TPSA) is 140 Å². The van der Waals surface area contributed by atoms with Gasteiger partial charge in [-0.05, 0) is 88.8 Å². The molecule has 1 heterocycles. The van der Waals surface area contributed by atoms with E-state index in [0.717, 1.165) is 28.0 Å². The summed E-state index contributed by atoms with van der Waals surface area (Å²) in [5.41, 5.74) is 6.87. The van der Waals surface area contributed by atoms with Crippen LogP contribution in [0.1, 0.15) is 62.8 Å². The van der Waals surface area contributed by atoms with Crippen LogP contribution in [0.25, 0.3) is 26.2 Å². The summed E-state index contributed by atoms with van der Waals surface area (Å²) in [6, 6.07) is 20.9. The summed E-state index contributed by atoms with van der Waals surface area (Å²) in [6.07, 6.45) is 11.6. The van der Waals surface area contributed by atoms with Gasteiger partial charge in [0, 0.05) is 37.4 Å². The first-order valence-electron chi connectivity index (χ1n) is 20.4. The van der Waals surface area contributed by atoms with E-state index in [1.54, 1.807) is 65.3 Å². The van der Waals surface area contributed by atoms with Crippen LogP contribution in [0, 0.1) is 61.0 Å². The lowest BCUT2D eigenvalue weighted by Crippen LogP contribution is -3.11. The molecule has 11 nitrogen and oxygen atoms in total. The highest BCUT2D eigenvalue weighted by atomic mass is 16.6. The first kappa shape index (κ1) is 47.9.